The number of hydrogen-bond acceptors (Lipinski definition) is 6. The van der Waals surface area contributed by atoms with Crippen LogP contribution in [0.3, 0.4) is 0 Å². The molecule has 2 aromatic carbocycles. The molecule has 2 heterocycles. The molecule has 142 valence electrons. The van der Waals surface area contributed by atoms with Crippen molar-refractivity contribution in [1.82, 2.24) is 4.98 Å². The van der Waals surface area contributed by atoms with Gasteiger partial charge in [-0.1, -0.05) is 18.2 Å². The van der Waals surface area contributed by atoms with Crippen molar-refractivity contribution in [1.29, 1.82) is 0 Å². The van der Waals surface area contributed by atoms with Crippen LogP contribution in [0.2, 0.25) is 0 Å². The molecule has 0 aliphatic carbocycles. The molecule has 0 spiro atoms. The van der Waals surface area contributed by atoms with E-state index in [1.807, 2.05) is 36.6 Å². The van der Waals surface area contributed by atoms with Crippen molar-refractivity contribution >= 4 is 38.7 Å². The predicted octanol–water partition coefficient (Wildman–Crippen LogP) is 5.74. The minimum Gasteiger partial charge on any atom is -0.486 e. The minimum absolute atomic E-state index is 0.111. The Balaban J connectivity index is 1.35. The monoisotopic (exact) mass is 413 g/mol. The van der Waals surface area contributed by atoms with Crippen LogP contribution in [-0.2, 0) is 18.0 Å². The fourth-order valence-corrected chi connectivity index (χ4v) is 4.52. The van der Waals surface area contributed by atoms with E-state index >= 15 is 0 Å². The molecular formula is C21H16FNO3S2. The summed E-state index contributed by atoms with van der Waals surface area (Å²) in [6.07, 6.45) is 0. The van der Waals surface area contributed by atoms with Crippen molar-refractivity contribution in [3.05, 3.63) is 80.9 Å². The van der Waals surface area contributed by atoms with Crippen LogP contribution in [0.15, 0.2) is 53.9 Å². The van der Waals surface area contributed by atoms with Gasteiger partial charge >= 0.3 is 5.97 Å². The first-order valence-corrected chi connectivity index (χ1v) is 10.3. The van der Waals surface area contributed by atoms with E-state index in [0.717, 1.165) is 20.7 Å². The molecule has 0 radical (unpaired) electrons. The lowest BCUT2D eigenvalue weighted by molar-refractivity contribution is 0.0473. The Bertz CT molecular complexity index is 1120. The van der Waals surface area contributed by atoms with Crippen molar-refractivity contribution < 1.29 is 18.7 Å². The van der Waals surface area contributed by atoms with Gasteiger partial charge in [0.25, 0.3) is 0 Å². The summed E-state index contributed by atoms with van der Waals surface area (Å²) in [6, 6.07) is 13.7. The highest BCUT2D eigenvalue weighted by Crippen LogP contribution is 2.31. The van der Waals surface area contributed by atoms with Crippen LogP contribution < -0.4 is 4.74 Å². The number of aryl methyl sites for hydroxylation is 1. The van der Waals surface area contributed by atoms with Crippen molar-refractivity contribution in [3.8, 4) is 5.75 Å². The van der Waals surface area contributed by atoms with Gasteiger partial charge in [0.2, 0.25) is 0 Å². The number of halogens is 1. The molecule has 0 fully saturated rings. The number of hydrogen-bond donors (Lipinski definition) is 0. The molecular weight excluding hydrogens is 397 g/mol. The topological polar surface area (TPSA) is 48.4 Å². The van der Waals surface area contributed by atoms with Crippen LogP contribution in [-0.4, -0.2) is 11.0 Å². The van der Waals surface area contributed by atoms with Gasteiger partial charge in [-0.25, -0.2) is 14.2 Å². The number of carbonyl (C=O) groups excluding carboxylic acids is 1. The first-order valence-electron chi connectivity index (χ1n) is 8.57. The molecule has 4 rings (SSSR count). The van der Waals surface area contributed by atoms with E-state index in [4.69, 9.17) is 9.47 Å². The van der Waals surface area contributed by atoms with Gasteiger partial charge in [-0.15, -0.1) is 22.7 Å². The number of thiophene rings is 1. The Morgan fingerprint density at radius 1 is 1.11 bits per heavy atom. The van der Waals surface area contributed by atoms with E-state index in [1.165, 1.54) is 34.8 Å². The second-order valence-electron chi connectivity index (χ2n) is 6.10. The van der Waals surface area contributed by atoms with Gasteiger partial charge < -0.3 is 9.47 Å². The zero-order chi connectivity index (χ0) is 19.5. The van der Waals surface area contributed by atoms with Crippen LogP contribution in [0, 0.1) is 12.7 Å². The van der Waals surface area contributed by atoms with Crippen LogP contribution >= 0.6 is 22.7 Å². The van der Waals surface area contributed by atoms with E-state index in [9.17, 15) is 9.18 Å². The highest BCUT2D eigenvalue weighted by atomic mass is 32.1. The molecule has 2 aromatic heterocycles. The maximum atomic E-state index is 12.9. The van der Waals surface area contributed by atoms with Gasteiger partial charge in [0.1, 0.15) is 34.7 Å². The summed E-state index contributed by atoms with van der Waals surface area (Å²) in [7, 11) is 0. The van der Waals surface area contributed by atoms with E-state index < -0.39 is 0 Å². The summed E-state index contributed by atoms with van der Waals surface area (Å²) >= 11 is 2.87. The van der Waals surface area contributed by atoms with Gasteiger partial charge in [-0.05, 0) is 48.2 Å². The maximum absolute atomic E-state index is 12.9. The lowest BCUT2D eigenvalue weighted by Gasteiger charge is -2.03. The van der Waals surface area contributed by atoms with Crippen LogP contribution in [0.5, 0.6) is 5.75 Å². The Morgan fingerprint density at radius 3 is 2.68 bits per heavy atom. The number of carbonyl (C=O) groups is 1. The summed E-state index contributed by atoms with van der Waals surface area (Å²) in [4.78, 5) is 17.5. The zero-order valence-corrected chi connectivity index (χ0v) is 16.6. The number of thiazole rings is 1. The van der Waals surface area contributed by atoms with Crippen LogP contribution in [0.4, 0.5) is 4.39 Å². The van der Waals surface area contributed by atoms with E-state index in [2.05, 4.69) is 4.98 Å². The Morgan fingerprint density at radius 2 is 1.89 bits per heavy atom. The molecule has 0 aliphatic rings. The van der Waals surface area contributed by atoms with Crippen molar-refractivity contribution in [2.75, 3.05) is 0 Å². The number of nitrogens with zero attached hydrogens (tertiary/aromatic N) is 1. The van der Waals surface area contributed by atoms with Crippen molar-refractivity contribution in [2.45, 2.75) is 20.1 Å². The van der Waals surface area contributed by atoms with Crippen molar-refractivity contribution in [2.24, 2.45) is 0 Å². The first-order chi connectivity index (χ1) is 13.6. The molecule has 0 saturated carbocycles. The summed E-state index contributed by atoms with van der Waals surface area (Å²) < 4.78 is 25.0. The normalized spacial score (nSPS) is 10.9. The van der Waals surface area contributed by atoms with E-state index in [0.29, 0.717) is 16.3 Å². The molecule has 0 unspecified atom stereocenters. The van der Waals surface area contributed by atoms with Gasteiger partial charge in [0.15, 0.2) is 0 Å². The molecule has 4 nitrogen and oxygen atoms in total. The maximum Gasteiger partial charge on any atom is 0.349 e. The Hall–Kier alpha value is -2.77. The number of ether oxygens (including phenoxy) is 2. The lowest BCUT2D eigenvalue weighted by Crippen LogP contribution is -2.05. The zero-order valence-electron chi connectivity index (χ0n) is 15.0. The first kappa shape index (κ1) is 18.6. The molecule has 7 heteroatoms. The molecule has 0 aliphatic heterocycles. The third-order valence-electron chi connectivity index (χ3n) is 4.16. The predicted molar refractivity (Wildman–Crippen MR) is 109 cm³/mol. The molecule has 0 bridgehead atoms. The summed E-state index contributed by atoms with van der Waals surface area (Å²) in [5.74, 6) is -0.0693. The standard InChI is InChI=1S/C21H16FNO3S2/c1-13-17-4-2-3-5-18(17)28-20(13)21(24)26-10-15-12-27-19(23-15)11-25-16-8-6-14(22)7-9-16/h2-9,12H,10-11H2,1H3. The SMILES string of the molecule is Cc1c(C(=O)OCc2csc(COc3ccc(F)cc3)n2)sc2ccccc12. The number of fused-ring (bicyclic) bond motifs is 1. The summed E-state index contributed by atoms with van der Waals surface area (Å²) in [5.41, 5.74) is 1.62. The van der Waals surface area contributed by atoms with E-state index in [-0.39, 0.29) is 25.0 Å². The van der Waals surface area contributed by atoms with Gasteiger partial charge in [0, 0.05) is 10.1 Å². The Labute approximate surface area is 169 Å². The third kappa shape index (κ3) is 4.05. The number of aromatic nitrogens is 1. The molecule has 0 N–H and O–H groups in total. The fraction of sp³-hybridized carbons (Fsp3) is 0.143. The molecule has 0 atom stereocenters. The quantitative estimate of drug-likeness (QED) is 0.378. The molecule has 4 aromatic rings. The smallest absolute Gasteiger partial charge is 0.349 e. The molecule has 0 amide bonds. The second-order valence-corrected chi connectivity index (χ2v) is 8.10. The fourth-order valence-electron chi connectivity index (χ4n) is 2.73. The number of esters is 1. The average molecular weight is 413 g/mol. The Kier molecular flexibility index (Phi) is 5.36. The molecule has 0 saturated heterocycles. The number of benzene rings is 2. The van der Waals surface area contributed by atoms with E-state index in [1.54, 1.807) is 12.1 Å². The molecule has 28 heavy (non-hydrogen) atoms. The second kappa shape index (κ2) is 8.08. The number of rotatable bonds is 6. The highest BCUT2D eigenvalue weighted by molar-refractivity contribution is 7.21. The third-order valence-corrected chi connectivity index (χ3v) is 6.28. The van der Waals surface area contributed by atoms with Crippen molar-refractivity contribution in [3.63, 3.8) is 0 Å². The average Bonchev–Trinajstić information content (AvgIpc) is 3.30. The summed E-state index contributed by atoms with van der Waals surface area (Å²) in [5, 5.41) is 3.68. The van der Waals surface area contributed by atoms with Crippen LogP contribution in [0.25, 0.3) is 10.1 Å². The minimum atomic E-state index is -0.337. The largest absolute Gasteiger partial charge is 0.486 e. The van der Waals surface area contributed by atoms with Crippen LogP contribution in [0.1, 0.15) is 25.9 Å². The van der Waals surface area contributed by atoms with Gasteiger partial charge in [-0.2, -0.15) is 0 Å². The summed E-state index contributed by atoms with van der Waals surface area (Å²) in [6.45, 7) is 2.32. The lowest BCUT2D eigenvalue weighted by atomic mass is 10.1. The highest BCUT2D eigenvalue weighted by Gasteiger charge is 2.17. The van der Waals surface area contributed by atoms with Gasteiger partial charge in [0.05, 0.1) is 5.69 Å². The van der Waals surface area contributed by atoms with Gasteiger partial charge in [-0.3, -0.25) is 0 Å².